The molecule has 0 radical (unpaired) electrons. The SMILES string of the molecule is CC(C)NC(=O)Nc1ccc(-c2cnc3ccc(-c4cn[nH]c4)cn23)cc1F.Cl. The Morgan fingerprint density at radius 2 is 1.93 bits per heavy atom. The molecule has 0 saturated heterocycles. The smallest absolute Gasteiger partial charge is 0.319 e. The van der Waals surface area contributed by atoms with Gasteiger partial charge in [-0.3, -0.25) is 9.50 Å². The number of rotatable bonds is 4. The molecule has 9 heteroatoms. The number of amides is 2. The molecule has 4 aromatic rings. The number of H-pyrrole nitrogens is 1. The van der Waals surface area contributed by atoms with Crippen molar-refractivity contribution in [3.05, 3.63) is 60.9 Å². The summed E-state index contributed by atoms with van der Waals surface area (Å²) in [4.78, 5) is 16.2. The lowest BCUT2D eigenvalue weighted by molar-refractivity contribution is 0.250. The number of anilines is 1. The van der Waals surface area contributed by atoms with Gasteiger partial charge in [0.15, 0.2) is 0 Å². The predicted octanol–water partition coefficient (Wildman–Crippen LogP) is 4.48. The van der Waals surface area contributed by atoms with Gasteiger partial charge in [-0.25, -0.2) is 14.2 Å². The zero-order valence-corrected chi connectivity index (χ0v) is 16.6. The summed E-state index contributed by atoms with van der Waals surface area (Å²) in [7, 11) is 0. The van der Waals surface area contributed by atoms with E-state index in [0.717, 1.165) is 22.5 Å². The lowest BCUT2D eigenvalue weighted by atomic mass is 10.1. The minimum atomic E-state index is -0.516. The van der Waals surface area contributed by atoms with Crippen LogP contribution < -0.4 is 10.6 Å². The Morgan fingerprint density at radius 3 is 2.62 bits per heavy atom. The van der Waals surface area contributed by atoms with E-state index in [0.29, 0.717) is 5.56 Å². The molecule has 150 valence electrons. The Bertz CT molecular complexity index is 1140. The highest BCUT2D eigenvalue weighted by Gasteiger charge is 2.12. The molecule has 3 N–H and O–H groups in total. The Morgan fingerprint density at radius 1 is 1.14 bits per heavy atom. The quantitative estimate of drug-likeness (QED) is 0.460. The largest absolute Gasteiger partial charge is 0.336 e. The lowest BCUT2D eigenvalue weighted by Crippen LogP contribution is -2.34. The molecular formula is C20H20ClFN6O. The fraction of sp³-hybridized carbons (Fsp3) is 0.150. The number of imidazole rings is 1. The third-order valence-electron chi connectivity index (χ3n) is 4.27. The highest BCUT2D eigenvalue weighted by atomic mass is 35.5. The van der Waals surface area contributed by atoms with Crippen LogP contribution in [0.2, 0.25) is 0 Å². The summed E-state index contributed by atoms with van der Waals surface area (Å²) in [6.07, 6.45) is 7.17. The topological polar surface area (TPSA) is 87.1 Å². The third kappa shape index (κ3) is 4.22. The molecule has 0 aliphatic rings. The third-order valence-corrected chi connectivity index (χ3v) is 4.27. The van der Waals surface area contributed by atoms with Gasteiger partial charge in [0.2, 0.25) is 0 Å². The van der Waals surface area contributed by atoms with Crippen LogP contribution in [-0.2, 0) is 0 Å². The van der Waals surface area contributed by atoms with E-state index in [1.165, 1.54) is 6.07 Å². The summed E-state index contributed by atoms with van der Waals surface area (Å²) in [6.45, 7) is 3.67. The van der Waals surface area contributed by atoms with Crippen LogP contribution in [0.1, 0.15) is 13.8 Å². The van der Waals surface area contributed by atoms with Crippen LogP contribution in [0.5, 0.6) is 0 Å². The zero-order chi connectivity index (χ0) is 19.7. The first-order chi connectivity index (χ1) is 13.5. The van der Waals surface area contributed by atoms with E-state index in [-0.39, 0.29) is 24.1 Å². The minimum Gasteiger partial charge on any atom is -0.336 e. The molecule has 0 aliphatic heterocycles. The summed E-state index contributed by atoms with van der Waals surface area (Å²) in [5, 5.41) is 12.0. The number of fused-ring (bicyclic) bond motifs is 1. The molecule has 0 atom stereocenters. The van der Waals surface area contributed by atoms with E-state index < -0.39 is 11.8 Å². The van der Waals surface area contributed by atoms with Crippen molar-refractivity contribution < 1.29 is 9.18 Å². The second-order valence-corrected chi connectivity index (χ2v) is 6.72. The Balaban J connectivity index is 0.00000240. The van der Waals surface area contributed by atoms with Gasteiger partial charge in [0, 0.05) is 35.1 Å². The van der Waals surface area contributed by atoms with Gasteiger partial charge in [-0.2, -0.15) is 5.10 Å². The van der Waals surface area contributed by atoms with Crippen LogP contribution in [-0.4, -0.2) is 31.7 Å². The molecule has 3 aromatic heterocycles. The molecule has 1 aromatic carbocycles. The second-order valence-electron chi connectivity index (χ2n) is 6.72. The summed E-state index contributed by atoms with van der Waals surface area (Å²) < 4.78 is 16.5. The second kappa shape index (κ2) is 8.32. The van der Waals surface area contributed by atoms with Gasteiger partial charge in [-0.1, -0.05) is 6.07 Å². The maximum absolute atomic E-state index is 14.6. The van der Waals surface area contributed by atoms with Crippen LogP contribution >= 0.6 is 12.4 Å². The van der Waals surface area contributed by atoms with E-state index in [4.69, 9.17) is 0 Å². The highest BCUT2D eigenvalue weighted by Crippen LogP contribution is 2.27. The van der Waals surface area contributed by atoms with Crippen molar-refractivity contribution in [2.75, 3.05) is 5.32 Å². The standard InChI is InChI=1S/C20H19FN6O.ClH/c1-12(2)25-20(28)26-17-5-3-13(7-16(17)21)18-10-22-19-6-4-14(11-27(18)19)15-8-23-24-9-15;/h3-12H,1-2H3,(H,23,24)(H2,25,26,28);1H. The number of benzene rings is 1. The van der Waals surface area contributed by atoms with Gasteiger partial charge in [0.1, 0.15) is 11.5 Å². The van der Waals surface area contributed by atoms with E-state index in [2.05, 4.69) is 25.8 Å². The molecule has 0 saturated carbocycles. The van der Waals surface area contributed by atoms with Gasteiger partial charge in [0.05, 0.1) is 23.8 Å². The summed E-state index contributed by atoms with van der Waals surface area (Å²) in [5.74, 6) is -0.516. The number of halogens is 2. The molecule has 0 fully saturated rings. The van der Waals surface area contributed by atoms with Crippen LogP contribution in [0.4, 0.5) is 14.9 Å². The van der Waals surface area contributed by atoms with E-state index in [1.807, 2.05) is 36.6 Å². The summed E-state index contributed by atoms with van der Waals surface area (Å²) >= 11 is 0. The molecule has 3 heterocycles. The summed E-state index contributed by atoms with van der Waals surface area (Å²) in [5.41, 5.74) is 4.19. The van der Waals surface area contributed by atoms with E-state index in [9.17, 15) is 9.18 Å². The van der Waals surface area contributed by atoms with Gasteiger partial charge in [-0.15, -0.1) is 12.4 Å². The molecule has 4 rings (SSSR count). The normalized spacial score (nSPS) is 10.8. The predicted molar refractivity (Wildman–Crippen MR) is 113 cm³/mol. The van der Waals surface area contributed by atoms with E-state index >= 15 is 0 Å². The molecule has 0 bridgehead atoms. The average molecular weight is 415 g/mol. The van der Waals surface area contributed by atoms with Gasteiger partial charge < -0.3 is 10.6 Å². The number of hydrogen-bond acceptors (Lipinski definition) is 3. The van der Waals surface area contributed by atoms with Gasteiger partial charge in [0.25, 0.3) is 0 Å². The van der Waals surface area contributed by atoms with Gasteiger partial charge >= 0.3 is 6.03 Å². The van der Waals surface area contributed by atoms with Crippen molar-refractivity contribution >= 4 is 29.8 Å². The number of aromatic nitrogens is 4. The van der Waals surface area contributed by atoms with Gasteiger partial charge in [-0.05, 0) is 38.1 Å². The monoisotopic (exact) mass is 414 g/mol. The zero-order valence-electron chi connectivity index (χ0n) is 15.8. The van der Waals surface area contributed by atoms with Crippen molar-refractivity contribution in [1.29, 1.82) is 0 Å². The molecule has 0 aliphatic carbocycles. The van der Waals surface area contributed by atoms with Crippen LogP contribution in [0.15, 0.2) is 55.1 Å². The molecular weight excluding hydrogens is 395 g/mol. The maximum atomic E-state index is 14.6. The molecule has 0 spiro atoms. The summed E-state index contributed by atoms with van der Waals surface area (Å²) in [6, 6.07) is 8.06. The number of carbonyl (C=O) groups is 1. The average Bonchev–Trinajstić information content (AvgIpc) is 3.31. The van der Waals surface area contributed by atoms with Crippen molar-refractivity contribution in [1.82, 2.24) is 24.9 Å². The van der Waals surface area contributed by atoms with Crippen molar-refractivity contribution in [2.45, 2.75) is 19.9 Å². The molecule has 29 heavy (non-hydrogen) atoms. The Hall–Kier alpha value is -3.39. The number of nitrogens with one attached hydrogen (secondary N) is 3. The van der Waals surface area contributed by atoms with Crippen LogP contribution in [0.25, 0.3) is 28.0 Å². The number of nitrogens with zero attached hydrogens (tertiary/aromatic N) is 3. The number of hydrogen-bond donors (Lipinski definition) is 3. The van der Waals surface area contributed by atoms with E-state index in [1.54, 1.807) is 30.7 Å². The van der Waals surface area contributed by atoms with Crippen LogP contribution in [0, 0.1) is 5.82 Å². The fourth-order valence-electron chi connectivity index (χ4n) is 2.97. The molecule has 2 amide bonds. The van der Waals surface area contributed by atoms with Crippen molar-refractivity contribution in [3.63, 3.8) is 0 Å². The number of carbonyl (C=O) groups excluding carboxylic acids is 1. The number of aromatic amines is 1. The van der Waals surface area contributed by atoms with Crippen molar-refractivity contribution in [3.8, 4) is 22.4 Å². The first-order valence-electron chi connectivity index (χ1n) is 8.85. The molecule has 7 nitrogen and oxygen atoms in total. The number of pyridine rings is 1. The minimum absolute atomic E-state index is 0. The first-order valence-corrected chi connectivity index (χ1v) is 8.85. The number of urea groups is 1. The van der Waals surface area contributed by atoms with Crippen molar-refractivity contribution in [2.24, 2.45) is 0 Å². The maximum Gasteiger partial charge on any atom is 0.319 e. The molecule has 0 unspecified atom stereocenters. The first kappa shape index (κ1) is 20.3. The Kier molecular flexibility index (Phi) is 5.84. The fourth-order valence-corrected chi connectivity index (χ4v) is 2.97. The van der Waals surface area contributed by atoms with Crippen LogP contribution in [0.3, 0.4) is 0 Å². The lowest BCUT2D eigenvalue weighted by Gasteiger charge is -2.11. The highest BCUT2D eigenvalue weighted by molar-refractivity contribution is 5.90. The Labute approximate surface area is 172 Å².